The van der Waals surface area contributed by atoms with Crippen molar-refractivity contribution in [3.05, 3.63) is 80.6 Å². The molecule has 0 aliphatic rings. The van der Waals surface area contributed by atoms with Gasteiger partial charge in [0, 0.05) is 5.69 Å². The van der Waals surface area contributed by atoms with E-state index >= 15 is 0 Å². The topological polar surface area (TPSA) is 103 Å². The second-order valence-corrected chi connectivity index (χ2v) is 8.17. The van der Waals surface area contributed by atoms with Gasteiger partial charge < -0.3 is 14.5 Å². The third-order valence-corrected chi connectivity index (χ3v) is 6.18. The highest BCUT2D eigenvalue weighted by atomic mass is 32.1. The molecule has 3 aromatic heterocycles. The first-order valence-electron chi connectivity index (χ1n) is 10.0. The zero-order valence-corrected chi connectivity index (χ0v) is 18.6. The summed E-state index contributed by atoms with van der Waals surface area (Å²) in [5, 5.41) is 3.30. The number of aryl methyl sites for hydroxylation is 2. The average molecular weight is 452 g/mol. The van der Waals surface area contributed by atoms with Gasteiger partial charge in [0.1, 0.15) is 10.6 Å². The molecule has 1 N–H and O–H groups in total. The number of carbonyl (C=O) groups is 2. The summed E-state index contributed by atoms with van der Waals surface area (Å²) in [5.41, 5.74) is 1.96. The van der Waals surface area contributed by atoms with Crippen LogP contribution in [0, 0.1) is 13.8 Å². The summed E-state index contributed by atoms with van der Waals surface area (Å²) in [6.45, 7) is 5.70. The standard InChI is InChI=1S/C23H21N3O5S/c1-4-30-23(29)17-10-9-15(31-17)11-26-12-24-21-18(22(26)28)14(3)19(32-21)20(27)25-16-8-6-5-7-13(16)2/h5-10,12H,4,11H2,1-3H3,(H,25,27). The Labute approximate surface area is 187 Å². The van der Waals surface area contributed by atoms with Gasteiger partial charge in [0.25, 0.3) is 11.5 Å². The van der Waals surface area contributed by atoms with Crippen LogP contribution in [-0.4, -0.2) is 28.0 Å². The van der Waals surface area contributed by atoms with E-state index in [0.717, 1.165) is 11.3 Å². The summed E-state index contributed by atoms with van der Waals surface area (Å²) in [7, 11) is 0. The quantitative estimate of drug-likeness (QED) is 0.442. The van der Waals surface area contributed by atoms with Gasteiger partial charge in [-0.1, -0.05) is 18.2 Å². The number of fused-ring (bicyclic) bond motifs is 1. The first-order chi connectivity index (χ1) is 15.4. The van der Waals surface area contributed by atoms with E-state index in [1.165, 1.54) is 28.3 Å². The number of para-hydroxylation sites is 1. The SMILES string of the molecule is CCOC(=O)c1ccc(Cn2cnc3sc(C(=O)Nc4ccccc4C)c(C)c3c2=O)o1. The van der Waals surface area contributed by atoms with Crippen LogP contribution < -0.4 is 10.9 Å². The number of hydrogen-bond acceptors (Lipinski definition) is 7. The van der Waals surface area contributed by atoms with Gasteiger partial charge in [-0.15, -0.1) is 11.3 Å². The van der Waals surface area contributed by atoms with E-state index < -0.39 is 5.97 Å². The molecule has 0 fully saturated rings. The number of hydrogen-bond donors (Lipinski definition) is 1. The molecule has 0 bridgehead atoms. The lowest BCUT2D eigenvalue weighted by Crippen LogP contribution is -2.21. The van der Waals surface area contributed by atoms with Crippen LogP contribution in [-0.2, 0) is 11.3 Å². The zero-order valence-electron chi connectivity index (χ0n) is 17.8. The summed E-state index contributed by atoms with van der Waals surface area (Å²) in [5.74, 6) is -0.346. The number of anilines is 1. The maximum absolute atomic E-state index is 13.1. The maximum Gasteiger partial charge on any atom is 0.374 e. The van der Waals surface area contributed by atoms with E-state index in [9.17, 15) is 14.4 Å². The number of carbonyl (C=O) groups excluding carboxylic acids is 2. The molecule has 0 aliphatic carbocycles. The van der Waals surface area contributed by atoms with Crippen molar-refractivity contribution in [1.29, 1.82) is 0 Å². The minimum absolute atomic E-state index is 0.0748. The van der Waals surface area contributed by atoms with Gasteiger partial charge in [-0.25, -0.2) is 9.78 Å². The number of furan rings is 1. The number of esters is 1. The summed E-state index contributed by atoms with van der Waals surface area (Å²) in [6, 6.07) is 10.6. The Bertz CT molecular complexity index is 1380. The molecule has 4 aromatic rings. The predicted octanol–water partition coefficient (Wildman–Crippen LogP) is 4.15. The second-order valence-electron chi connectivity index (χ2n) is 7.17. The number of aromatic nitrogens is 2. The molecule has 0 saturated heterocycles. The lowest BCUT2D eigenvalue weighted by Gasteiger charge is -2.07. The molecular formula is C23H21N3O5S. The molecule has 164 valence electrons. The first-order valence-corrected chi connectivity index (χ1v) is 10.8. The third-order valence-electron chi connectivity index (χ3n) is 4.98. The van der Waals surface area contributed by atoms with Crippen molar-refractivity contribution in [1.82, 2.24) is 9.55 Å². The van der Waals surface area contributed by atoms with Crippen LogP contribution in [0.3, 0.4) is 0 Å². The van der Waals surface area contributed by atoms with Gasteiger partial charge in [0.05, 0.1) is 29.7 Å². The van der Waals surface area contributed by atoms with Crippen molar-refractivity contribution in [3.63, 3.8) is 0 Å². The van der Waals surface area contributed by atoms with Crippen molar-refractivity contribution < 1.29 is 18.7 Å². The zero-order chi connectivity index (χ0) is 22.8. The van der Waals surface area contributed by atoms with Gasteiger partial charge in [-0.3, -0.25) is 14.2 Å². The fourth-order valence-corrected chi connectivity index (χ4v) is 4.36. The van der Waals surface area contributed by atoms with Crippen LogP contribution in [0.5, 0.6) is 0 Å². The number of nitrogens with zero attached hydrogens (tertiary/aromatic N) is 2. The number of ether oxygens (including phenoxy) is 1. The molecule has 1 amide bonds. The smallest absolute Gasteiger partial charge is 0.374 e. The normalized spacial score (nSPS) is 11.0. The number of rotatable bonds is 6. The molecule has 0 spiro atoms. The van der Waals surface area contributed by atoms with Crippen LogP contribution in [0.25, 0.3) is 10.2 Å². The van der Waals surface area contributed by atoms with Gasteiger partial charge in [-0.2, -0.15) is 0 Å². The minimum Gasteiger partial charge on any atom is -0.460 e. The number of benzene rings is 1. The van der Waals surface area contributed by atoms with E-state index in [-0.39, 0.29) is 30.4 Å². The largest absolute Gasteiger partial charge is 0.460 e. The van der Waals surface area contributed by atoms with Crippen molar-refractivity contribution in [3.8, 4) is 0 Å². The molecule has 0 atom stereocenters. The highest BCUT2D eigenvalue weighted by Gasteiger charge is 2.20. The van der Waals surface area contributed by atoms with E-state index in [2.05, 4.69) is 10.3 Å². The summed E-state index contributed by atoms with van der Waals surface area (Å²) in [6.07, 6.45) is 1.41. The average Bonchev–Trinajstić information content (AvgIpc) is 3.37. The van der Waals surface area contributed by atoms with Gasteiger partial charge >= 0.3 is 5.97 Å². The summed E-state index contributed by atoms with van der Waals surface area (Å²) < 4.78 is 11.8. The molecule has 0 radical (unpaired) electrons. The van der Waals surface area contributed by atoms with Crippen molar-refractivity contribution in [2.45, 2.75) is 27.3 Å². The molecule has 0 saturated carbocycles. The molecule has 0 unspecified atom stereocenters. The summed E-state index contributed by atoms with van der Waals surface area (Å²) >= 11 is 1.18. The van der Waals surface area contributed by atoms with Gasteiger partial charge in [-0.05, 0) is 50.1 Å². The Balaban J connectivity index is 1.63. The molecule has 8 nitrogen and oxygen atoms in total. The third kappa shape index (κ3) is 4.06. The Morgan fingerprint density at radius 2 is 1.97 bits per heavy atom. The Kier molecular flexibility index (Phi) is 5.91. The van der Waals surface area contributed by atoms with Crippen LogP contribution in [0.4, 0.5) is 5.69 Å². The Morgan fingerprint density at radius 1 is 1.19 bits per heavy atom. The fraction of sp³-hybridized carbons (Fsp3) is 0.217. The lowest BCUT2D eigenvalue weighted by molar-refractivity contribution is 0.0487. The van der Waals surface area contributed by atoms with E-state index in [4.69, 9.17) is 9.15 Å². The van der Waals surface area contributed by atoms with Crippen LogP contribution in [0.2, 0.25) is 0 Å². The number of thiophene rings is 1. The summed E-state index contributed by atoms with van der Waals surface area (Å²) in [4.78, 5) is 43.1. The van der Waals surface area contributed by atoms with E-state index in [0.29, 0.717) is 26.4 Å². The van der Waals surface area contributed by atoms with Crippen LogP contribution in [0.1, 0.15) is 44.0 Å². The van der Waals surface area contributed by atoms with Crippen molar-refractivity contribution in [2.24, 2.45) is 0 Å². The monoisotopic (exact) mass is 451 g/mol. The second kappa shape index (κ2) is 8.80. The fourth-order valence-electron chi connectivity index (χ4n) is 3.32. The molecular weight excluding hydrogens is 430 g/mol. The molecule has 3 heterocycles. The van der Waals surface area contributed by atoms with Crippen molar-refractivity contribution in [2.75, 3.05) is 11.9 Å². The van der Waals surface area contributed by atoms with Gasteiger partial charge in [0.15, 0.2) is 0 Å². The molecule has 32 heavy (non-hydrogen) atoms. The lowest BCUT2D eigenvalue weighted by atomic mass is 10.2. The Morgan fingerprint density at radius 3 is 2.72 bits per heavy atom. The Hall–Kier alpha value is -3.72. The van der Waals surface area contributed by atoms with Crippen LogP contribution in [0.15, 0.2) is 51.9 Å². The van der Waals surface area contributed by atoms with E-state index in [1.54, 1.807) is 19.9 Å². The van der Waals surface area contributed by atoms with Gasteiger partial charge in [0.2, 0.25) is 5.76 Å². The molecule has 9 heteroatoms. The first kappa shape index (κ1) is 21.5. The highest BCUT2D eigenvalue weighted by Crippen LogP contribution is 2.28. The molecule has 4 rings (SSSR count). The molecule has 1 aromatic carbocycles. The maximum atomic E-state index is 13.1. The molecule has 0 aliphatic heterocycles. The van der Waals surface area contributed by atoms with E-state index in [1.807, 2.05) is 31.2 Å². The number of amides is 1. The predicted molar refractivity (Wildman–Crippen MR) is 122 cm³/mol. The minimum atomic E-state index is -0.558. The van der Waals surface area contributed by atoms with Crippen molar-refractivity contribution >= 4 is 39.1 Å². The number of nitrogens with one attached hydrogen (secondary N) is 1. The highest BCUT2D eigenvalue weighted by molar-refractivity contribution is 7.20. The van der Waals surface area contributed by atoms with Crippen LogP contribution >= 0.6 is 11.3 Å².